The summed E-state index contributed by atoms with van der Waals surface area (Å²) in [6.45, 7) is 8.03. The summed E-state index contributed by atoms with van der Waals surface area (Å²) in [4.78, 5) is 19.1. The number of carbonyl (C=O) groups excluding carboxylic acids is 1. The van der Waals surface area contributed by atoms with Crippen LogP contribution in [-0.4, -0.2) is 38.7 Å². The molecule has 160 valence electrons. The molecule has 0 saturated carbocycles. The minimum atomic E-state index is -0.208. The molecule has 1 saturated heterocycles. The largest absolute Gasteiger partial charge is 0.492 e. The van der Waals surface area contributed by atoms with E-state index in [2.05, 4.69) is 48.2 Å². The third kappa shape index (κ3) is 3.81. The maximum atomic E-state index is 11.6. The number of quaternary nitrogens is 1. The average molecular weight is 429 g/mol. The standard InChI is InChI=1S/C22H29N5O2S/c1-4-17-24-22-27(25-17)21(29)19(30-22)18(15-7-5-14(6-8-15)13(2)3)26-11-9-16(10-12-26)20(23)28/h5-8,13,16,18,29H,4,9-12H2,1-3H3,(H2,23,28)/p+1/t18-/m0/s1. The summed E-state index contributed by atoms with van der Waals surface area (Å²) in [7, 11) is 0. The lowest BCUT2D eigenvalue weighted by Gasteiger charge is -2.33. The minimum absolute atomic E-state index is 0.0291. The summed E-state index contributed by atoms with van der Waals surface area (Å²) in [5.74, 6) is 1.10. The second-order valence-electron chi connectivity index (χ2n) is 8.46. The molecule has 7 nitrogen and oxygen atoms in total. The number of amides is 1. The van der Waals surface area contributed by atoms with E-state index in [-0.39, 0.29) is 23.7 Å². The number of aromatic hydroxyl groups is 1. The Labute approximate surface area is 180 Å². The van der Waals surface area contributed by atoms with Gasteiger partial charge in [0.15, 0.2) is 11.9 Å². The van der Waals surface area contributed by atoms with Gasteiger partial charge in [-0.25, -0.2) is 4.98 Å². The quantitative estimate of drug-likeness (QED) is 0.560. The Morgan fingerprint density at radius 1 is 1.27 bits per heavy atom. The van der Waals surface area contributed by atoms with E-state index >= 15 is 0 Å². The van der Waals surface area contributed by atoms with Crippen molar-refractivity contribution in [2.75, 3.05) is 13.1 Å². The van der Waals surface area contributed by atoms with Gasteiger partial charge in [-0.15, -0.1) is 5.10 Å². The molecule has 1 fully saturated rings. The van der Waals surface area contributed by atoms with Crippen molar-refractivity contribution in [3.8, 4) is 5.88 Å². The molecule has 0 aliphatic carbocycles. The minimum Gasteiger partial charge on any atom is -0.492 e. The Morgan fingerprint density at radius 2 is 1.90 bits per heavy atom. The number of nitrogens with two attached hydrogens (primary N) is 1. The number of thiazole rings is 1. The van der Waals surface area contributed by atoms with Crippen LogP contribution in [0.15, 0.2) is 24.3 Å². The van der Waals surface area contributed by atoms with Crippen molar-refractivity contribution in [1.29, 1.82) is 0 Å². The van der Waals surface area contributed by atoms with Gasteiger partial charge in [0.05, 0.1) is 13.1 Å². The highest BCUT2D eigenvalue weighted by Gasteiger charge is 2.36. The molecular formula is C22H30N5O2S+. The molecule has 8 heteroatoms. The van der Waals surface area contributed by atoms with Gasteiger partial charge in [-0.05, 0) is 11.5 Å². The molecule has 0 spiro atoms. The zero-order valence-electron chi connectivity index (χ0n) is 17.8. The van der Waals surface area contributed by atoms with Crippen LogP contribution in [0.25, 0.3) is 4.96 Å². The smallest absolute Gasteiger partial charge is 0.235 e. The fourth-order valence-corrected chi connectivity index (χ4v) is 5.50. The molecule has 30 heavy (non-hydrogen) atoms. The second kappa shape index (κ2) is 8.35. The molecular weight excluding hydrogens is 398 g/mol. The predicted octanol–water partition coefficient (Wildman–Crippen LogP) is 2.05. The molecule has 1 aliphatic rings. The summed E-state index contributed by atoms with van der Waals surface area (Å²) in [6, 6.07) is 8.65. The first-order valence-electron chi connectivity index (χ1n) is 10.7. The van der Waals surface area contributed by atoms with Gasteiger partial charge in [-0.3, -0.25) is 4.79 Å². The van der Waals surface area contributed by atoms with Crippen molar-refractivity contribution < 1.29 is 14.8 Å². The number of rotatable bonds is 6. The van der Waals surface area contributed by atoms with Crippen LogP contribution in [0.5, 0.6) is 5.88 Å². The number of primary amides is 1. The van der Waals surface area contributed by atoms with E-state index in [1.165, 1.54) is 21.8 Å². The molecule has 0 unspecified atom stereocenters. The number of aryl methyl sites for hydroxylation is 1. The van der Waals surface area contributed by atoms with Crippen molar-refractivity contribution >= 4 is 22.2 Å². The first kappa shape index (κ1) is 20.8. The van der Waals surface area contributed by atoms with Gasteiger partial charge in [-0.2, -0.15) is 4.52 Å². The van der Waals surface area contributed by atoms with Crippen LogP contribution in [0.1, 0.15) is 67.4 Å². The second-order valence-corrected chi connectivity index (χ2v) is 9.46. The van der Waals surface area contributed by atoms with Gasteiger partial charge in [0.25, 0.3) is 0 Å². The highest BCUT2D eigenvalue weighted by atomic mass is 32.1. The summed E-state index contributed by atoms with van der Waals surface area (Å²) in [5, 5.41) is 15.5. The number of carbonyl (C=O) groups is 1. The normalized spacial score (nSPS) is 20.7. The molecule has 3 heterocycles. The van der Waals surface area contributed by atoms with Crippen molar-refractivity contribution in [3.05, 3.63) is 46.1 Å². The van der Waals surface area contributed by atoms with Gasteiger partial charge in [0.2, 0.25) is 16.7 Å². The molecule has 1 aromatic carbocycles. The number of piperidine rings is 1. The van der Waals surface area contributed by atoms with Gasteiger partial charge >= 0.3 is 0 Å². The summed E-state index contributed by atoms with van der Waals surface area (Å²) in [6.07, 6.45) is 2.27. The molecule has 0 radical (unpaired) electrons. The predicted molar refractivity (Wildman–Crippen MR) is 117 cm³/mol. The van der Waals surface area contributed by atoms with Crippen molar-refractivity contribution in [3.63, 3.8) is 0 Å². The van der Waals surface area contributed by atoms with E-state index in [9.17, 15) is 9.90 Å². The maximum Gasteiger partial charge on any atom is 0.235 e. The Morgan fingerprint density at radius 3 is 2.43 bits per heavy atom. The number of aromatic nitrogens is 3. The Balaban J connectivity index is 1.73. The van der Waals surface area contributed by atoms with Crippen LogP contribution in [0, 0.1) is 5.92 Å². The third-order valence-electron chi connectivity index (χ3n) is 6.20. The van der Waals surface area contributed by atoms with Gasteiger partial charge < -0.3 is 15.7 Å². The van der Waals surface area contributed by atoms with E-state index in [0.29, 0.717) is 5.92 Å². The van der Waals surface area contributed by atoms with Crippen LogP contribution in [-0.2, 0) is 11.2 Å². The van der Waals surface area contributed by atoms with Crippen LogP contribution in [0.3, 0.4) is 0 Å². The molecule has 4 rings (SSSR count). The third-order valence-corrected chi connectivity index (χ3v) is 7.28. The summed E-state index contributed by atoms with van der Waals surface area (Å²) in [5.41, 5.74) is 7.98. The Kier molecular flexibility index (Phi) is 5.79. The van der Waals surface area contributed by atoms with Crippen molar-refractivity contribution in [2.45, 2.75) is 52.0 Å². The highest BCUT2D eigenvalue weighted by molar-refractivity contribution is 7.17. The molecule has 2 aromatic heterocycles. The maximum absolute atomic E-state index is 11.6. The molecule has 0 bridgehead atoms. The van der Waals surface area contributed by atoms with Crippen LogP contribution < -0.4 is 10.6 Å². The Hall–Kier alpha value is -2.45. The number of hydrogen-bond acceptors (Lipinski definition) is 5. The number of nitrogens with zero attached hydrogens (tertiary/aromatic N) is 3. The number of likely N-dealkylation sites (tertiary alicyclic amines) is 1. The van der Waals surface area contributed by atoms with E-state index in [4.69, 9.17) is 5.73 Å². The lowest BCUT2D eigenvalue weighted by Crippen LogP contribution is -3.13. The number of fused-ring (bicyclic) bond motifs is 1. The van der Waals surface area contributed by atoms with Gasteiger partial charge in [0.1, 0.15) is 4.88 Å². The lowest BCUT2D eigenvalue weighted by molar-refractivity contribution is -0.930. The first-order chi connectivity index (χ1) is 14.4. The molecule has 4 N–H and O–H groups in total. The van der Waals surface area contributed by atoms with Crippen LogP contribution >= 0.6 is 11.3 Å². The van der Waals surface area contributed by atoms with Crippen molar-refractivity contribution in [2.24, 2.45) is 11.7 Å². The highest BCUT2D eigenvalue weighted by Crippen LogP contribution is 2.35. The number of hydrogen-bond donors (Lipinski definition) is 3. The molecule has 1 aliphatic heterocycles. The SMILES string of the molecule is CCc1nc2sc([C@H](c3ccc(C(C)C)cc3)[NH+]3CCC(C(N)=O)CC3)c(O)n2n1. The summed E-state index contributed by atoms with van der Waals surface area (Å²) >= 11 is 1.50. The molecule has 1 amide bonds. The molecule has 3 aromatic rings. The Bertz CT molecular complexity index is 1030. The van der Waals surface area contributed by atoms with Crippen molar-refractivity contribution in [1.82, 2.24) is 14.6 Å². The first-order valence-corrected chi connectivity index (χ1v) is 11.5. The fraction of sp³-hybridized carbons (Fsp3) is 0.500. The van der Waals surface area contributed by atoms with E-state index < -0.39 is 0 Å². The summed E-state index contributed by atoms with van der Waals surface area (Å²) < 4.78 is 1.56. The van der Waals surface area contributed by atoms with Crippen LogP contribution in [0.4, 0.5) is 0 Å². The average Bonchev–Trinajstić information content (AvgIpc) is 3.28. The monoisotopic (exact) mass is 428 g/mol. The van der Waals surface area contributed by atoms with Gasteiger partial charge in [0, 0.05) is 30.7 Å². The fourth-order valence-electron chi connectivity index (χ4n) is 4.34. The zero-order chi connectivity index (χ0) is 21.4. The molecule has 1 atom stereocenters. The number of nitrogens with one attached hydrogen (secondary N) is 1. The zero-order valence-corrected chi connectivity index (χ0v) is 18.6. The number of benzene rings is 1. The van der Waals surface area contributed by atoms with E-state index in [1.807, 2.05) is 6.92 Å². The van der Waals surface area contributed by atoms with Crippen LogP contribution in [0.2, 0.25) is 0 Å². The van der Waals surface area contributed by atoms with E-state index in [1.54, 1.807) is 4.52 Å². The van der Waals surface area contributed by atoms with E-state index in [0.717, 1.165) is 53.6 Å². The topological polar surface area (TPSA) is 98.0 Å². The lowest BCUT2D eigenvalue weighted by atomic mass is 9.92. The van der Waals surface area contributed by atoms with Gasteiger partial charge in [-0.1, -0.05) is 56.4 Å².